The number of carbonyl (C=O) groups is 2. The third-order valence-electron chi connectivity index (χ3n) is 14.2. The minimum Gasteiger partial charge on any atom is -0.462 e. The summed E-state index contributed by atoms with van der Waals surface area (Å²) in [6.45, 7) is 4.20. The van der Waals surface area contributed by atoms with Crippen molar-refractivity contribution in [3.8, 4) is 0 Å². The lowest BCUT2D eigenvalue weighted by molar-refractivity contribution is -0.870. The van der Waals surface area contributed by atoms with Gasteiger partial charge in [0.25, 0.3) is 0 Å². The number of esters is 2. The van der Waals surface area contributed by atoms with Crippen LogP contribution in [0.1, 0.15) is 271 Å². The second-order valence-corrected chi connectivity index (χ2v) is 24.9. The molecule has 2 unspecified atom stereocenters. The number of phosphoric ester groups is 1. The molecule has 0 aromatic heterocycles. The van der Waals surface area contributed by atoms with Gasteiger partial charge in [-0.2, -0.15) is 0 Å². The van der Waals surface area contributed by atoms with Gasteiger partial charge in [0, 0.05) is 12.8 Å². The van der Waals surface area contributed by atoms with E-state index in [1.54, 1.807) is 0 Å². The minimum atomic E-state index is -4.40. The summed E-state index contributed by atoms with van der Waals surface area (Å²) in [4.78, 5) is 35.8. The number of nitrogens with zero attached hydrogens (tertiary/aromatic N) is 1. The fourth-order valence-electron chi connectivity index (χ4n) is 9.05. The van der Waals surface area contributed by atoms with Crippen molar-refractivity contribution in [3.05, 3.63) is 134 Å². The van der Waals surface area contributed by atoms with Crippen molar-refractivity contribution in [2.45, 2.75) is 277 Å². The summed E-state index contributed by atoms with van der Waals surface area (Å²) in [5.74, 6) is -0.806. The lowest BCUT2D eigenvalue weighted by Crippen LogP contribution is -2.37. The standard InChI is InChI=1S/C74H126NO8P/c1-6-8-10-12-14-16-18-20-22-24-26-28-29-30-31-32-33-34-35-36-37-38-39-40-41-42-43-44-45-47-49-51-53-55-57-59-61-63-65-67-74(77)83-72(71-82-84(78,79)81-69-68-75(3,4)5)70-80-73(76)66-64-62-60-58-56-54-52-50-48-46-27-25-23-21-19-17-15-13-11-9-7-2/h8-11,14-17,20-23,26-28,30-31,33-34,36-37,46,72H,6-7,12-13,18-19,24-25,29,32,35,38-45,47-71H2,1-5H3/p+1/b10-8-,11-9-,16-14-,17-15-,22-20-,23-21-,28-26-,31-30-,34-33-,37-36-,46-27-. The molecule has 0 fully saturated rings. The second kappa shape index (κ2) is 63.6. The van der Waals surface area contributed by atoms with E-state index in [0.29, 0.717) is 17.4 Å². The summed E-state index contributed by atoms with van der Waals surface area (Å²) in [5.41, 5.74) is 0. The van der Waals surface area contributed by atoms with Gasteiger partial charge in [-0.1, -0.05) is 282 Å². The predicted molar refractivity (Wildman–Crippen MR) is 362 cm³/mol. The quantitative estimate of drug-likeness (QED) is 0.0211. The smallest absolute Gasteiger partial charge is 0.462 e. The van der Waals surface area contributed by atoms with E-state index in [-0.39, 0.29) is 32.0 Å². The molecule has 0 heterocycles. The number of hydrogen-bond donors (Lipinski definition) is 1. The van der Waals surface area contributed by atoms with Gasteiger partial charge in [-0.25, -0.2) is 4.57 Å². The maximum absolute atomic E-state index is 12.9. The summed E-state index contributed by atoms with van der Waals surface area (Å²) < 4.78 is 34.7. The van der Waals surface area contributed by atoms with Gasteiger partial charge in [0.2, 0.25) is 0 Å². The minimum absolute atomic E-state index is 0.0255. The lowest BCUT2D eigenvalue weighted by Gasteiger charge is -2.24. The van der Waals surface area contributed by atoms with Crippen LogP contribution in [0.2, 0.25) is 0 Å². The number of hydrogen-bond acceptors (Lipinski definition) is 7. The Bertz CT molecular complexity index is 1880. The van der Waals surface area contributed by atoms with E-state index in [0.717, 1.165) is 122 Å². The molecular weight excluding hydrogens is 1060 g/mol. The zero-order valence-electron chi connectivity index (χ0n) is 54.6. The van der Waals surface area contributed by atoms with Crippen molar-refractivity contribution in [1.82, 2.24) is 0 Å². The molecule has 0 spiro atoms. The Hall–Kier alpha value is -3.85. The van der Waals surface area contributed by atoms with Gasteiger partial charge in [-0.05, 0) is 109 Å². The maximum atomic E-state index is 12.9. The molecule has 2 atom stereocenters. The first kappa shape index (κ1) is 80.2. The fourth-order valence-corrected chi connectivity index (χ4v) is 9.79. The van der Waals surface area contributed by atoms with Crippen molar-refractivity contribution in [1.29, 1.82) is 0 Å². The summed E-state index contributed by atoms with van der Waals surface area (Å²) >= 11 is 0. The number of unbranched alkanes of at least 4 members (excludes halogenated alkanes) is 25. The number of phosphoric acid groups is 1. The topological polar surface area (TPSA) is 108 Å². The molecule has 0 saturated carbocycles. The van der Waals surface area contributed by atoms with Crippen LogP contribution in [-0.4, -0.2) is 74.9 Å². The highest BCUT2D eigenvalue weighted by Gasteiger charge is 2.27. The van der Waals surface area contributed by atoms with Gasteiger partial charge >= 0.3 is 19.8 Å². The van der Waals surface area contributed by atoms with E-state index >= 15 is 0 Å². The Morgan fingerprint density at radius 2 is 0.643 bits per heavy atom. The van der Waals surface area contributed by atoms with Crippen LogP contribution in [0.4, 0.5) is 0 Å². The zero-order valence-corrected chi connectivity index (χ0v) is 55.5. The SMILES string of the molecule is CC/C=C\C/C=C\C/C=C\C/C=C\C/C=C\C/C=C\C/C=C\CCCCCCCCCCCCCCCCCCCC(=O)OC(COC(=O)CCCCCCCCCC/C=C\C/C=C\C/C=C\C/C=C\CC)COP(=O)(O)OCC[N+](C)(C)C. The van der Waals surface area contributed by atoms with Crippen LogP contribution in [0, 0.1) is 0 Å². The van der Waals surface area contributed by atoms with E-state index in [1.807, 2.05) is 21.1 Å². The first-order valence-corrected chi connectivity index (χ1v) is 35.4. The lowest BCUT2D eigenvalue weighted by atomic mass is 10.0. The summed E-state index contributed by atoms with van der Waals surface area (Å²) in [5, 5.41) is 0. The average molecular weight is 1190 g/mol. The molecular formula is C74H127NO8P+. The molecule has 0 radical (unpaired) electrons. The Labute approximate surface area is 517 Å². The van der Waals surface area contributed by atoms with E-state index in [4.69, 9.17) is 18.5 Å². The van der Waals surface area contributed by atoms with E-state index in [9.17, 15) is 19.0 Å². The molecule has 0 aliphatic carbocycles. The van der Waals surface area contributed by atoms with Crippen LogP contribution in [0.15, 0.2) is 134 Å². The molecule has 0 aliphatic rings. The van der Waals surface area contributed by atoms with Gasteiger partial charge in [0.05, 0.1) is 27.7 Å². The molecule has 0 bridgehead atoms. The molecule has 0 rings (SSSR count). The Kier molecular flexibility index (Phi) is 60.7. The van der Waals surface area contributed by atoms with Crippen molar-refractivity contribution < 1.29 is 42.1 Å². The number of allylic oxidation sites excluding steroid dienone is 22. The molecule has 0 saturated heterocycles. The van der Waals surface area contributed by atoms with Crippen molar-refractivity contribution in [2.75, 3.05) is 47.5 Å². The number of carbonyl (C=O) groups excluding carboxylic acids is 2. The van der Waals surface area contributed by atoms with E-state index in [2.05, 4.69) is 148 Å². The summed E-state index contributed by atoms with van der Waals surface area (Å²) in [7, 11) is 1.46. The second-order valence-electron chi connectivity index (χ2n) is 23.4. The van der Waals surface area contributed by atoms with Crippen LogP contribution in [0.5, 0.6) is 0 Å². The number of quaternary nitrogens is 1. The molecule has 0 aliphatic heterocycles. The molecule has 480 valence electrons. The van der Waals surface area contributed by atoms with Crippen LogP contribution >= 0.6 is 7.82 Å². The highest BCUT2D eigenvalue weighted by Crippen LogP contribution is 2.43. The van der Waals surface area contributed by atoms with Gasteiger partial charge in [0.15, 0.2) is 6.10 Å². The van der Waals surface area contributed by atoms with Crippen LogP contribution in [0.3, 0.4) is 0 Å². The predicted octanol–water partition coefficient (Wildman–Crippen LogP) is 22.0. The van der Waals surface area contributed by atoms with Gasteiger partial charge < -0.3 is 18.9 Å². The monoisotopic (exact) mass is 1190 g/mol. The Morgan fingerprint density at radius 1 is 0.369 bits per heavy atom. The highest BCUT2D eigenvalue weighted by atomic mass is 31.2. The third kappa shape index (κ3) is 67.3. The Balaban J connectivity index is 4.04. The van der Waals surface area contributed by atoms with Crippen LogP contribution in [0.25, 0.3) is 0 Å². The molecule has 84 heavy (non-hydrogen) atoms. The summed E-state index contributed by atoms with van der Waals surface area (Å²) in [6, 6.07) is 0. The fraction of sp³-hybridized carbons (Fsp3) is 0.676. The van der Waals surface area contributed by atoms with E-state index in [1.165, 1.54) is 116 Å². The van der Waals surface area contributed by atoms with Gasteiger partial charge in [-0.3, -0.25) is 18.6 Å². The van der Waals surface area contributed by atoms with Crippen molar-refractivity contribution in [2.24, 2.45) is 0 Å². The average Bonchev–Trinajstić information content (AvgIpc) is 3.61. The molecule has 0 aromatic rings. The maximum Gasteiger partial charge on any atom is 0.472 e. The molecule has 9 nitrogen and oxygen atoms in total. The zero-order chi connectivity index (χ0) is 61.2. The molecule has 10 heteroatoms. The number of ether oxygens (including phenoxy) is 2. The van der Waals surface area contributed by atoms with Gasteiger partial charge in [0.1, 0.15) is 19.8 Å². The van der Waals surface area contributed by atoms with Crippen molar-refractivity contribution in [3.63, 3.8) is 0 Å². The first-order chi connectivity index (χ1) is 41.0. The molecule has 0 amide bonds. The summed E-state index contributed by atoms with van der Waals surface area (Å²) in [6.07, 6.45) is 92.6. The van der Waals surface area contributed by atoms with Crippen molar-refractivity contribution >= 4 is 19.8 Å². The van der Waals surface area contributed by atoms with E-state index < -0.39 is 26.5 Å². The number of rotatable bonds is 61. The number of likely N-dealkylation sites (N-methyl/N-ethyl adjacent to an activating group) is 1. The largest absolute Gasteiger partial charge is 0.472 e. The van der Waals surface area contributed by atoms with Gasteiger partial charge in [-0.15, -0.1) is 0 Å². The molecule has 0 aromatic carbocycles. The Morgan fingerprint density at radius 3 is 0.952 bits per heavy atom. The highest BCUT2D eigenvalue weighted by molar-refractivity contribution is 7.47. The third-order valence-corrected chi connectivity index (χ3v) is 15.2. The van der Waals surface area contributed by atoms with Crippen LogP contribution < -0.4 is 0 Å². The van der Waals surface area contributed by atoms with Crippen LogP contribution in [-0.2, 0) is 32.7 Å². The normalized spacial score (nSPS) is 14.0. The molecule has 1 N–H and O–H groups in total. The first-order valence-electron chi connectivity index (χ1n) is 33.9.